The zero-order valence-electron chi connectivity index (χ0n) is 3.83. The van der Waals surface area contributed by atoms with Gasteiger partial charge >= 0.3 is 0 Å². The molecule has 0 aliphatic rings. The molecule has 0 heterocycles. The molecule has 4 nitrogen and oxygen atoms in total. The summed E-state index contributed by atoms with van der Waals surface area (Å²) >= 11 is 0. The van der Waals surface area contributed by atoms with E-state index in [4.69, 9.17) is 5.73 Å². The third kappa shape index (κ3) is 2.62. The van der Waals surface area contributed by atoms with E-state index in [1.807, 2.05) is 0 Å². The van der Waals surface area contributed by atoms with Crippen molar-refractivity contribution in [2.45, 2.75) is 0 Å². The minimum absolute atomic E-state index is 0.0370. The molecule has 0 aromatic heterocycles. The first kappa shape index (κ1) is 5.81. The van der Waals surface area contributed by atoms with Gasteiger partial charge in [0.1, 0.15) is 0 Å². The van der Waals surface area contributed by atoms with Crippen molar-refractivity contribution in [3.05, 3.63) is 0 Å². The minimum atomic E-state index is 0.0370. The van der Waals surface area contributed by atoms with Gasteiger partial charge in [0.25, 0.3) is 0 Å². The fraction of sp³-hybridized carbons (Fsp3) is 0. The van der Waals surface area contributed by atoms with Crippen molar-refractivity contribution < 1.29 is 0 Å². The summed E-state index contributed by atoms with van der Waals surface area (Å²) in [5.74, 6) is 0.0370. The van der Waals surface area contributed by atoms with E-state index in [-0.39, 0.29) is 5.96 Å². The van der Waals surface area contributed by atoms with Crippen LogP contribution in [0.2, 0.25) is 0 Å². The molecule has 0 aromatic carbocycles. The molecule has 0 unspecified atom stereocenters. The smallest absolute Gasteiger partial charge is 0.239 e. The molecule has 0 spiro atoms. The molecule has 4 heteroatoms. The van der Waals surface area contributed by atoms with Crippen molar-refractivity contribution in [2.24, 2.45) is 20.9 Å². The van der Waals surface area contributed by atoms with Crippen LogP contribution in [-0.2, 0) is 0 Å². The standard InChI is InChI=1S/C3H6N4/c1-5-3(4)7-6-2/h1-2H2,(H2,4,7). The van der Waals surface area contributed by atoms with E-state index in [2.05, 4.69) is 28.6 Å². The molecule has 0 saturated heterocycles. The van der Waals surface area contributed by atoms with E-state index in [0.29, 0.717) is 0 Å². The predicted octanol–water partition coefficient (Wildman–Crippen LogP) is -0.383. The number of nitrogens with two attached hydrogens (primary N) is 1. The fourth-order valence-electron chi connectivity index (χ4n) is 0.104. The summed E-state index contributed by atoms with van der Waals surface area (Å²) in [6.45, 7) is 6.13. The number of hydrogen-bond donors (Lipinski definition) is 1. The minimum Gasteiger partial charge on any atom is -0.367 e. The van der Waals surface area contributed by atoms with Gasteiger partial charge in [-0.15, -0.1) is 5.10 Å². The largest absolute Gasteiger partial charge is 0.367 e. The Kier molecular flexibility index (Phi) is 2.50. The lowest BCUT2D eigenvalue weighted by molar-refractivity contribution is 1.23. The normalized spacial score (nSPS) is 10.6. The summed E-state index contributed by atoms with van der Waals surface area (Å²) < 4.78 is 0. The predicted molar refractivity (Wildman–Crippen MR) is 30.7 cm³/mol. The van der Waals surface area contributed by atoms with Crippen molar-refractivity contribution in [1.29, 1.82) is 0 Å². The fourth-order valence-corrected chi connectivity index (χ4v) is 0.104. The van der Waals surface area contributed by atoms with E-state index in [9.17, 15) is 0 Å². The molecular formula is C3H6N4. The third-order valence-corrected chi connectivity index (χ3v) is 0.335. The molecule has 0 radical (unpaired) electrons. The summed E-state index contributed by atoms with van der Waals surface area (Å²) in [4.78, 5) is 3.22. The van der Waals surface area contributed by atoms with Crippen LogP contribution in [0.5, 0.6) is 0 Å². The number of nitrogens with zero attached hydrogens (tertiary/aromatic N) is 3. The highest BCUT2D eigenvalue weighted by molar-refractivity contribution is 5.82. The lowest BCUT2D eigenvalue weighted by atomic mass is 11.1. The summed E-state index contributed by atoms with van der Waals surface area (Å²) in [6, 6.07) is 0. The molecule has 0 aliphatic carbocycles. The number of hydrogen-bond acceptors (Lipinski definition) is 2. The SMILES string of the molecule is C=NN=C(N)N=C. The van der Waals surface area contributed by atoms with Gasteiger partial charge in [0.05, 0.1) is 0 Å². The van der Waals surface area contributed by atoms with Gasteiger partial charge in [0.15, 0.2) is 0 Å². The highest BCUT2D eigenvalue weighted by Gasteiger charge is 1.73. The summed E-state index contributed by atoms with van der Waals surface area (Å²) in [6.07, 6.45) is 0. The van der Waals surface area contributed by atoms with E-state index < -0.39 is 0 Å². The Morgan fingerprint density at radius 2 is 2.00 bits per heavy atom. The van der Waals surface area contributed by atoms with Crippen LogP contribution in [0.4, 0.5) is 0 Å². The highest BCUT2D eigenvalue weighted by Crippen LogP contribution is 1.67. The number of rotatable bonds is 1. The lowest BCUT2D eigenvalue weighted by Crippen LogP contribution is -2.05. The zero-order chi connectivity index (χ0) is 5.70. The molecule has 38 valence electrons. The third-order valence-electron chi connectivity index (χ3n) is 0.335. The molecule has 0 saturated carbocycles. The zero-order valence-corrected chi connectivity index (χ0v) is 3.83. The Morgan fingerprint density at radius 3 is 2.14 bits per heavy atom. The number of guanidine groups is 1. The molecule has 0 fully saturated rings. The second kappa shape index (κ2) is 3.02. The van der Waals surface area contributed by atoms with E-state index >= 15 is 0 Å². The first-order valence-electron chi connectivity index (χ1n) is 1.57. The van der Waals surface area contributed by atoms with Crippen LogP contribution in [0.3, 0.4) is 0 Å². The first-order valence-corrected chi connectivity index (χ1v) is 1.57. The van der Waals surface area contributed by atoms with E-state index in [1.54, 1.807) is 0 Å². The van der Waals surface area contributed by atoms with Gasteiger partial charge in [-0.3, -0.25) is 0 Å². The summed E-state index contributed by atoms with van der Waals surface area (Å²) in [5.41, 5.74) is 4.97. The maximum Gasteiger partial charge on any atom is 0.239 e. The number of aliphatic imine (C=N–C) groups is 1. The Morgan fingerprint density at radius 1 is 1.43 bits per heavy atom. The molecule has 0 atom stereocenters. The maximum atomic E-state index is 4.97. The lowest BCUT2D eigenvalue weighted by Gasteiger charge is -1.79. The monoisotopic (exact) mass is 98.1 g/mol. The van der Waals surface area contributed by atoms with Crippen molar-refractivity contribution in [3.63, 3.8) is 0 Å². The second-order valence-corrected chi connectivity index (χ2v) is 0.758. The average molecular weight is 98.1 g/mol. The molecule has 0 bridgehead atoms. The molecule has 2 N–H and O–H groups in total. The van der Waals surface area contributed by atoms with Crippen LogP contribution in [0.1, 0.15) is 0 Å². The molecular weight excluding hydrogens is 92.1 g/mol. The van der Waals surface area contributed by atoms with Crippen LogP contribution in [0, 0.1) is 0 Å². The van der Waals surface area contributed by atoms with Gasteiger partial charge in [-0.25, -0.2) is 4.99 Å². The summed E-state index contributed by atoms with van der Waals surface area (Å²) in [7, 11) is 0. The molecule has 0 aromatic rings. The Labute approximate surface area is 41.5 Å². The molecule has 0 amide bonds. The molecule has 0 rings (SSSR count). The molecule has 7 heavy (non-hydrogen) atoms. The first-order chi connectivity index (χ1) is 3.31. The van der Waals surface area contributed by atoms with Crippen molar-refractivity contribution >= 4 is 19.4 Å². The Balaban J connectivity index is 3.72. The van der Waals surface area contributed by atoms with E-state index in [1.165, 1.54) is 0 Å². The van der Waals surface area contributed by atoms with Crippen LogP contribution >= 0.6 is 0 Å². The average Bonchev–Trinajstić information content (AvgIpc) is 1.68. The van der Waals surface area contributed by atoms with Crippen molar-refractivity contribution in [1.82, 2.24) is 0 Å². The van der Waals surface area contributed by atoms with Crippen LogP contribution in [-0.4, -0.2) is 19.4 Å². The van der Waals surface area contributed by atoms with Crippen LogP contribution in [0.15, 0.2) is 15.2 Å². The molecule has 0 aliphatic heterocycles. The van der Waals surface area contributed by atoms with Gasteiger partial charge in [-0.2, -0.15) is 5.10 Å². The van der Waals surface area contributed by atoms with E-state index in [0.717, 1.165) is 0 Å². The summed E-state index contributed by atoms with van der Waals surface area (Å²) in [5, 5.41) is 6.31. The Bertz CT molecular complexity index is 104. The van der Waals surface area contributed by atoms with Gasteiger partial charge in [0, 0.05) is 6.72 Å². The highest BCUT2D eigenvalue weighted by atomic mass is 15.3. The van der Waals surface area contributed by atoms with Gasteiger partial charge in [0.2, 0.25) is 5.96 Å². The van der Waals surface area contributed by atoms with Gasteiger partial charge in [-0.05, 0) is 6.72 Å². The Hall–Kier alpha value is -1.19. The van der Waals surface area contributed by atoms with Crippen LogP contribution < -0.4 is 5.73 Å². The maximum absolute atomic E-state index is 4.97. The van der Waals surface area contributed by atoms with Crippen LogP contribution in [0.25, 0.3) is 0 Å². The van der Waals surface area contributed by atoms with Gasteiger partial charge in [-0.1, -0.05) is 0 Å². The van der Waals surface area contributed by atoms with Crippen molar-refractivity contribution in [2.75, 3.05) is 0 Å². The van der Waals surface area contributed by atoms with Crippen molar-refractivity contribution in [3.8, 4) is 0 Å². The topological polar surface area (TPSA) is 63.1 Å². The van der Waals surface area contributed by atoms with Gasteiger partial charge < -0.3 is 5.73 Å². The quantitative estimate of drug-likeness (QED) is 0.271. The second-order valence-electron chi connectivity index (χ2n) is 0.758.